The van der Waals surface area contributed by atoms with Crippen LogP contribution in [0.25, 0.3) is 0 Å². The average Bonchev–Trinajstić information content (AvgIpc) is 2.41. The highest BCUT2D eigenvalue weighted by Gasteiger charge is 2.11. The van der Waals surface area contributed by atoms with Crippen LogP contribution in [0.3, 0.4) is 0 Å². The Kier molecular flexibility index (Phi) is 4.14. The van der Waals surface area contributed by atoms with Gasteiger partial charge in [0, 0.05) is 17.4 Å². The summed E-state index contributed by atoms with van der Waals surface area (Å²) in [6.45, 7) is 1.80. The summed E-state index contributed by atoms with van der Waals surface area (Å²) in [5, 5.41) is 11.7. The maximum absolute atomic E-state index is 12.1. The number of rotatable bonds is 3. The fourth-order valence-electron chi connectivity index (χ4n) is 1.63. The Labute approximate surface area is 123 Å². The van der Waals surface area contributed by atoms with Crippen molar-refractivity contribution in [2.75, 3.05) is 5.32 Å². The number of halogens is 1. The predicted molar refractivity (Wildman–Crippen MR) is 78.0 cm³/mol. The van der Waals surface area contributed by atoms with Crippen LogP contribution in [0.2, 0.25) is 0 Å². The van der Waals surface area contributed by atoms with Gasteiger partial charge in [0.1, 0.15) is 4.60 Å². The van der Waals surface area contributed by atoms with E-state index in [-0.39, 0.29) is 11.5 Å². The van der Waals surface area contributed by atoms with Gasteiger partial charge in [-0.05, 0) is 52.7 Å². The Balaban J connectivity index is 2.27. The number of aryl methyl sites for hydroxylation is 1. The molecular formula is C14H11BrN2O3. The van der Waals surface area contributed by atoms with E-state index in [9.17, 15) is 9.59 Å². The minimum absolute atomic E-state index is 0.127. The van der Waals surface area contributed by atoms with Crippen LogP contribution in [0.1, 0.15) is 26.3 Å². The predicted octanol–water partition coefficient (Wildman–Crippen LogP) is 3.10. The summed E-state index contributed by atoms with van der Waals surface area (Å²) in [6.07, 6.45) is 1.51. The molecule has 6 heteroatoms. The Morgan fingerprint density at radius 3 is 2.60 bits per heavy atom. The maximum atomic E-state index is 12.1. The normalized spacial score (nSPS) is 10.1. The number of amides is 1. The fourth-order valence-corrected chi connectivity index (χ4v) is 1.99. The second-order valence-electron chi connectivity index (χ2n) is 4.16. The van der Waals surface area contributed by atoms with Crippen LogP contribution in [0, 0.1) is 6.92 Å². The Morgan fingerprint density at radius 2 is 1.95 bits per heavy atom. The Morgan fingerprint density at radius 1 is 1.20 bits per heavy atom. The van der Waals surface area contributed by atoms with E-state index in [1.165, 1.54) is 18.3 Å². The molecule has 2 rings (SSSR count). The molecule has 2 aromatic rings. The Bertz CT molecular complexity index is 686. The van der Waals surface area contributed by atoms with Gasteiger partial charge in [-0.25, -0.2) is 9.78 Å². The molecular weight excluding hydrogens is 324 g/mol. The highest BCUT2D eigenvalue weighted by atomic mass is 79.9. The van der Waals surface area contributed by atoms with Crippen LogP contribution in [0.4, 0.5) is 5.69 Å². The molecule has 5 nitrogen and oxygen atoms in total. The lowest BCUT2D eigenvalue weighted by Gasteiger charge is -2.09. The van der Waals surface area contributed by atoms with Gasteiger partial charge in [0.05, 0.1) is 5.56 Å². The van der Waals surface area contributed by atoms with Gasteiger partial charge in [-0.1, -0.05) is 6.07 Å². The molecule has 0 bridgehead atoms. The van der Waals surface area contributed by atoms with E-state index in [1.807, 2.05) is 0 Å². The minimum atomic E-state index is -1.04. The quantitative estimate of drug-likeness (QED) is 0.845. The van der Waals surface area contributed by atoms with Crippen molar-refractivity contribution in [3.63, 3.8) is 0 Å². The van der Waals surface area contributed by atoms with Crippen molar-refractivity contribution >= 4 is 33.5 Å². The highest BCUT2D eigenvalue weighted by molar-refractivity contribution is 9.10. The molecule has 1 amide bonds. The van der Waals surface area contributed by atoms with Crippen molar-refractivity contribution in [1.82, 2.24) is 4.98 Å². The first-order valence-corrected chi connectivity index (χ1v) is 6.53. The fraction of sp³-hybridized carbons (Fsp3) is 0.0714. The molecule has 0 unspecified atom stereocenters. The summed E-state index contributed by atoms with van der Waals surface area (Å²) in [7, 11) is 0. The number of hydrogen-bond acceptors (Lipinski definition) is 3. The van der Waals surface area contributed by atoms with Gasteiger partial charge in [-0.3, -0.25) is 4.79 Å². The van der Waals surface area contributed by atoms with Gasteiger partial charge in [0.15, 0.2) is 0 Å². The molecule has 0 aliphatic rings. The molecule has 0 spiro atoms. The van der Waals surface area contributed by atoms with Crippen molar-refractivity contribution in [1.29, 1.82) is 0 Å². The summed E-state index contributed by atoms with van der Waals surface area (Å²) in [6, 6.07) is 7.76. The number of aromatic carboxylic acids is 1. The van der Waals surface area contributed by atoms with Gasteiger partial charge < -0.3 is 10.4 Å². The number of carboxylic acid groups (broad SMARTS) is 1. The largest absolute Gasteiger partial charge is 0.478 e. The van der Waals surface area contributed by atoms with Crippen LogP contribution in [-0.2, 0) is 0 Å². The van der Waals surface area contributed by atoms with Gasteiger partial charge in [-0.15, -0.1) is 0 Å². The molecule has 0 saturated heterocycles. The molecule has 102 valence electrons. The number of aromatic nitrogens is 1. The van der Waals surface area contributed by atoms with E-state index in [1.54, 1.807) is 25.1 Å². The monoisotopic (exact) mass is 334 g/mol. The van der Waals surface area contributed by atoms with E-state index in [2.05, 4.69) is 26.2 Å². The SMILES string of the molecule is Cc1ccc(C(=O)O)cc1NC(=O)c1ccnc(Br)c1. The first kappa shape index (κ1) is 14.2. The number of carboxylic acids is 1. The molecule has 0 radical (unpaired) electrons. The first-order chi connectivity index (χ1) is 9.47. The molecule has 0 aliphatic carbocycles. The average molecular weight is 335 g/mol. The Hall–Kier alpha value is -2.21. The van der Waals surface area contributed by atoms with Crippen LogP contribution >= 0.6 is 15.9 Å². The number of benzene rings is 1. The van der Waals surface area contributed by atoms with Crippen molar-refractivity contribution in [2.24, 2.45) is 0 Å². The van der Waals surface area contributed by atoms with E-state index >= 15 is 0 Å². The molecule has 0 atom stereocenters. The third kappa shape index (κ3) is 3.21. The van der Waals surface area contributed by atoms with Crippen LogP contribution in [0.15, 0.2) is 41.1 Å². The van der Waals surface area contributed by atoms with Crippen LogP contribution in [0.5, 0.6) is 0 Å². The van der Waals surface area contributed by atoms with Crippen molar-refractivity contribution in [3.05, 3.63) is 57.8 Å². The standard InChI is InChI=1S/C14H11BrN2O3/c1-8-2-3-10(14(19)20)6-11(8)17-13(18)9-4-5-16-12(15)7-9/h2-7H,1H3,(H,17,18)(H,19,20). The second-order valence-corrected chi connectivity index (χ2v) is 4.97. The smallest absolute Gasteiger partial charge is 0.335 e. The van der Waals surface area contributed by atoms with Crippen molar-refractivity contribution in [3.8, 4) is 0 Å². The summed E-state index contributed by atoms with van der Waals surface area (Å²) < 4.78 is 0.557. The number of pyridine rings is 1. The number of hydrogen-bond donors (Lipinski definition) is 2. The van der Waals surface area contributed by atoms with Crippen molar-refractivity contribution in [2.45, 2.75) is 6.92 Å². The van der Waals surface area contributed by atoms with Crippen LogP contribution < -0.4 is 5.32 Å². The molecule has 0 aliphatic heterocycles. The first-order valence-electron chi connectivity index (χ1n) is 5.74. The molecule has 2 N–H and O–H groups in total. The third-order valence-corrected chi connectivity index (χ3v) is 3.16. The number of anilines is 1. The maximum Gasteiger partial charge on any atom is 0.335 e. The molecule has 20 heavy (non-hydrogen) atoms. The number of carbonyl (C=O) groups excluding carboxylic acids is 1. The zero-order valence-corrected chi connectivity index (χ0v) is 12.1. The van der Waals surface area contributed by atoms with E-state index in [4.69, 9.17) is 5.11 Å². The zero-order chi connectivity index (χ0) is 14.7. The minimum Gasteiger partial charge on any atom is -0.478 e. The topological polar surface area (TPSA) is 79.3 Å². The number of carbonyl (C=O) groups is 2. The summed E-state index contributed by atoms with van der Waals surface area (Å²) in [5.41, 5.74) is 1.83. The highest BCUT2D eigenvalue weighted by Crippen LogP contribution is 2.18. The summed E-state index contributed by atoms with van der Waals surface area (Å²) >= 11 is 3.19. The van der Waals surface area contributed by atoms with E-state index in [0.29, 0.717) is 15.9 Å². The van der Waals surface area contributed by atoms with Gasteiger partial charge in [0.25, 0.3) is 5.91 Å². The lowest BCUT2D eigenvalue weighted by atomic mass is 10.1. The van der Waals surface area contributed by atoms with E-state index < -0.39 is 5.97 Å². The van der Waals surface area contributed by atoms with Gasteiger partial charge in [-0.2, -0.15) is 0 Å². The third-order valence-electron chi connectivity index (χ3n) is 2.72. The summed E-state index contributed by atoms with van der Waals surface area (Å²) in [4.78, 5) is 27.0. The molecule has 1 heterocycles. The summed E-state index contributed by atoms with van der Waals surface area (Å²) in [5.74, 6) is -1.36. The van der Waals surface area contributed by atoms with E-state index in [0.717, 1.165) is 5.56 Å². The number of nitrogens with zero attached hydrogens (tertiary/aromatic N) is 1. The molecule has 0 saturated carbocycles. The number of nitrogens with one attached hydrogen (secondary N) is 1. The van der Waals surface area contributed by atoms with Gasteiger partial charge >= 0.3 is 5.97 Å². The lowest BCUT2D eigenvalue weighted by Crippen LogP contribution is -2.13. The molecule has 0 fully saturated rings. The zero-order valence-electron chi connectivity index (χ0n) is 10.6. The van der Waals surface area contributed by atoms with Crippen molar-refractivity contribution < 1.29 is 14.7 Å². The van der Waals surface area contributed by atoms with Gasteiger partial charge in [0.2, 0.25) is 0 Å². The molecule has 1 aromatic carbocycles. The second kappa shape index (κ2) is 5.83. The molecule has 1 aromatic heterocycles. The van der Waals surface area contributed by atoms with Crippen LogP contribution in [-0.4, -0.2) is 22.0 Å². The lowest BCUT2D eigenvalue weighted by molar-refractivity contribution is 0.0696.